The number of carbonyl (C=O) groups is 1. The standard InChI is InChI=1S/C15H15FN2O2/c1-20-14-9-11(16)4-7-13(14)18-15(19)8-10-2-5-12(17)6-3-10/h2-7,9H,8,17H2,1H3,(H,18,19). The van der Waals surface area contributed by atoms with Crippen molar-refractivity contribution in [1.82, 2.24) is 0 Å². The van der Waals surface area contributed by atoms with Gasteiger partial charge in [0.1, 0.15) is 11.6 Å². The van der Waals surface area contributed by atoms with Gasteiger partial charge in [-0.2, -0.15) is 0 Å². The summed E-state index contributed by atoms with van der Waals surface area (Å²) in [7, 11) is 1.42. The number of nitrogen functional groups attached to an aromatic ring is 1. The number of hydrogen-bond donors (Lipinski definition) is 2. The molecule has 0 fully saturated rings. The number of carbonyl (C=O) groups excluding carboxylic acids is 1. The number of methoxy groups -OCH3 is 1. The van der Waals surface area contributed by atoms with Crippen molar-refractivity contribution in [2.45, 2.75) is 6.42 Å². The Morgan fingerprint density at radius 2 is 1.95 bits per heavy atom. The van der Waals surface area contributed by atoms with Gasteiger partial charge in [0.2, 0.25) is 5.91 Å². The number of anilines is 2. The van der Waals surface area contributed by atoms with Gasteiger partial charge in [-0.1, -0.05) is 12.1 Å². The van der Waals surface area contributed by atoms with Crippen molar-refractivity contribution in [3.05, 3.63) is 53.8 Å². The maximum absolute atomic E-state index is 13.1. The normalized spacial score (nSPS) is 10.1. The third-order valence-electron chi connectivity index (χ3n) is 2.78. The predicted molar refractivity (Wildman–Crippen MR) is 76.1 cm³/mol. The zero-order valence-corrected chi connectivity index (χ0v) is 11.0. The lowest BCUT2D eigenvalue weighted by molar-refractivity contribution is -0.115. The van der Waals surface area contributed by atoms with E-state index in [-0.39, 0.29) is 18.1 Å². The molecule has 0 aliphatic rings. The first-order chi connectivity index (χ1) is 9.58. The van der Waals surface area contributed by atoms with Gasteiger partial charge in [-0.3, -0.25) is 4.79 Å². The van der Waals surface area contributed by atoms with E-state index in [9.17, 15) is 9.18 Å². The molecule has 3 N–H and O–H groups in total. The number of amides is 1. The average molecular weight is 274 g/mol. The topological polar surface area (TPSA) is 64.3 Å². The molecule has 0 saturated heterocycles. The van der Waals surface area contributed by atoms with E-state index in [0.29, 0.717) is 11.4 Å². The molecule has 104 valence electrons. The second-order valence-electron chi connectivity index (χ2n) is 4.31. The average Bonchev–Trinajstić information content (AvgIpc) is 2.43. The van der Waals surface area contributed by atoms with Gasteiger partial charge in [-0.15, -0.1) is 0 Å². The Morgan fingerprint density at radius 1 is 1.25 bits per heavy atom. The Morgan fingerprint density at radius 3 is 2.60 bits per heavy atom. The summed E-state index contributed by atoms with van der Waals surface area (Å²) in [6.45, 7) is 0. The molecule has 0 heterocycles. The molecule has 0 radical (unpaired) electrons. The van der Waals surface area contributed by atoms with Crippen molar-refractivity contribution in [2.24, 2.45) is 0 Å². The van der Waals surface area contributed by atoms with Gasteiger partial charge < -0.3 is 15.8 Å². The minimum absolute atomic E-state index is 0.209. The Labute approximate surface area is 116 Å². The third-order valence-corrected chi connectivity index (χ3v) is 2.78. The maximum atomic E-state index is 13.1. The minimum Gasteiger partial charge on any atom is -0.494 e. The van der Waals surface area contributed by atoms with Crippen molar-refractivity contribution in [3.8, 4) is 5.75 Å². The van der Waals surface area contributed by atoms with Gasteiger partial charge in [-0.05, 0) is 29.8 Å². The summed E-state index contributed by atoms with van der Waals surface area (Å²) >= 11 is 0. The summed E-state index contributed by atoms with van der Waals surface area (Å²) in [6.07, 6.45) is 0.209. The first-order valence-electron chi connectivity index (χ1n) is 6.06. The second kappa shape index (κ2) is 6.06. The number of nitrogens with one attached hydrogen (secondary N) is 1. The van der Waals surface area contributed by atoms with E-state index >= 15 is 0 Å². The third kappa shape index (κ3) is 3.47. The van der Waals surface area contributed by atoms with E-state index in [2.05, 4.69) is 5.32 Å². The van der Waals surface area contributed by atoms with E-state index in [0.717, 1.165) is 5.56 Å². The summed E-state index contributed by atoms with van der Waals surface area (Å²) in [5.74, 6) is -0.339. The van der Waals surface area contributed by atoms with Crippen LogP contribution in [-0.2, 0) is 11.2 Å². The molecule has 0 aromatic heterocycles. The number of ether oxygens (including phenoxy) is 1. The van der Waals surface area contributed by atoms with Crippen LogP contribution in [0.2, 0.25) is 0 Å². The number of hydrogen-bond acceptors (Lipinski definition) is 3. The van der Waals surface area contributed by atoms with Crippen LogP contribution in [0, 0.1) is 5.82 Å². The summed E-state index contributed by atoms with van der Waals surface area (Å²) < 4.78 is 18.1. The first-order valence-corrected chi connectivity index (χ1v) is 6.06. The molecule has 0 unspecified atom stereocenters. The lowest BCUT2D eigenvalue weighted by Gasteiger charge is -2.10. The molecule has 5 heteroatoms. The van der Waals surface area contributed by atoms with Gasteiger partial charge in [-0.25, -0.2) is 4.39 Å². The van der Waals surface area contributed by atoms with Crippen molar-refractivity contribution >= 4 is 17.3 Å². The van der Waals surface area contributed by atoms with Crippen LogP contribution >= 0.6 is 0 Å². The van der Waals surface area contributed by atoms with Crippen LogP contribution in [0.5, 0.6) is 5.75 Å². The molecule has 4 nitrogen and oxygen atoms in total. The monoisotopic (exact) mass is 274 g/mol. The lowest BCUT2D eigenvalue weighted by Crippen LogP contribution is -2.15. The number of benzene rings is 2. The Bertz CT molecular complexity index is 612. The molecule has 2 aromatic rings. The maximum Gasteiger partial charge on any atom is 0.228 e. The zero-order chi connectivity index (χ0) is 14.5. The molecular formula is C15H15FN2O2. The van der Waals surface area contributed by atoms with E-state index in [4.69, 9.17) is 10.5 Å². The van der Waals surface area contributed by atoms with Crippen LogP contribution in [-0.4, -0.2) is 13.0 Å². The molecule has 0 aliphatic carbocycles. The van der Waals surface area contributed by atoms with E-state index in [1.807, 2.05) is 0 Å². The largest absolute Gasteiger partial charge is 0.494 e. The molecule has 2 aromatic carbocycles. The summed E-state index contributed by atoms with van der Waals surface area (Å²) in [5, 5.41) is 2.69. The van der Waals surface area contributed by atoms with E-state index < -0.39 is 5.82 Å². The second-order valence-corrected chi connectivity index (χ2v) is 4.31. The van der Waals surface area contributed by atoms with Crippen molar-refractivity contribution in [2.75, 3.05) is 18.2 Å². The molecular weight excluding hydrogens is 259 g/mol. The van der Waals surface area contributed by atoms with Crippen molar-refractivity contribution in [1.29, 1.82) is 0 Å². The zero-order valence-electron chi connectivity index (χ0n) is 11.0. The van der Waals surface area contributed by atoms with E-state index in [1.54, 1.807) is 24.3 Å². The van der Waals surface area contributed by atoms with Gasteiger partial charge in [0.25, 0.3) is 0 Å². The quantitative estimate of drug-likeness (QED) is 0.842. The van der Waals surface area contributed by atoms with Crippen molar-refractivity contribution < 1.29 is 13.9 Å². The summed E-state index contributed by atoms with van der Waals surface area (Å²) in [4.78, 5) is 11.9. The van der Waals surface area contributed by atoms with Crippen LogP contribution in [0.1, 0.15) is 5.56 Å². The fourth-order valence-electron chi connectivity index (χ4n) is 1.78. The summed E-state index contributed by atoms with van der Waals surface area (Å²) in [5.41, 5.74) is 7.51. The minimum atomic E-state index is -0.418. The molecule has 20 heavy (non-hydrogen) atoms. The molecule has 2 rings (SSSR count). The van der Waals surface area contributed by atoms with Crippen LogP contribution in [0.4, 0.5) is 15.8 Å². The molecule has 0 saturated carbocycles. The van der Waals surface area contributed by atoms with Crippen LogP contribution < -0.4 is 15.8 Å². The SMILES string of the molecule is COc1cc(F)ccc1NC(=O)Cc1ccc(N)cc1. The van der Waals surface area contributed by atoms with Crippen LogP contribution in [0.15, 0.2) is 42.5 Å². The number of rotatable bonds is 4. The molecule has 0 bridgehead atoms. The molecule has 0 atom stereocenters. The molecule has 0 spiro atoms. The van der Waals surface area contributed by atoms with Crippen molar-refractivity contribution in [3.63, 3.8) is 0 Å². The highest BCUT2D eigenvalue weighted by atomic mass is 19.1. The smallest absolute Gasteiger partial charge is 0.228 e. The predicted octanol–water partition coefficient (Wildman–Crippen LogP) is 2.60. The van der Waals surface area contributed by atoms with Gasteiger partial charge >= 0.3 is 0 Å². The highest BCUT2D eigenvalue weighted by Gasteiger charge is 2.09. The number of nitrogens with two attached hydrogens (primary N) is 1. The van der Waals surface area contributed by atoms with Crippen LogP contribution in [0.25, 0.3) is 0 Å². The van der Waals surface area contributed by atoms with Gasteiger partial charge in [0, 0.05) is 11.8 Å². The number of halogens is 1. The van der Waals surface area contributed by atoms with Gasteiger partial charge in [0.05, 0.1) is 19.2 Å². The summed E-state index contributed by atoms with van der Waals surface area (Å²) in [6, 6.07) is 11.0. The fourth-order valence-corrected chi connectivity index (χ4v) is 1.78. The Hall–Kier alpha value is -2.56. The molecule has 0 aliphatic heterocycles. The Kier molecular flexibility index (Phi) is 4.20. The molecule has 1 amide bonds. The van der Waals surface area contributed by atoms with Crippen LogP contribution in [0.3, 0.4) is 0 Å². The lowest BCUT2D eigenvalue weighted by atomic mass is 10.1. The first kappa shape index (κ1) is 13.9. The fraction of sp³-hybridized carbons (Fsp3) is 0.133. The van der Waals surface area contributed by atoms with Gasteiger partial charge in [0.15, 0.2) is 0 Å². The van der Waals surface area contributed by atoms with E-state index in [1.165, 1.54) is 25.3 Å². The highest BCUT2D eigenvalue weighted by molar-refractivity contribution is 5.93. The highest BCUT2D eigenvalue weighted by Crippen LogP contribution is 2.25. The Balaban J connectivity index is 2.06.